The van der Waals surface area contributed by atoms with Gasteiger partial charge in [0.15, 0.2) is 0 Å². The Labute approximate surface area is 120 Å². The van der Waals surface area contributed by atoms with Gasteiger partial charge in [0.2, 0.25) is 0 Å². The summed E-state index contributed by atoms with van der Waals surface area (Å²) >= 11 is 5.55. The number of amides is 1. The van der Waals surface area contributed by atoms with Crippen LogP contribution in [0.5, 0.6) is 0 Å². The molecule has 1 aromatic rings. The maximum absolute atomic E-state index is 12.7. The highest BCUT2D eigenvalue weighted by molar-refractivity contribution is 6.17. The zero-order valence-electron chi connectivity index (χ0n) is 11.3. The van der Waals surface area contributed by atoms with Crippen LogP contribution in [-0.4, -0.2) is 11.7 Å². The third-order valence-corrected chi connectivity index (χ3v) is 2.43. The zero-order valence-corrected chi connectivity index (χ0v) is 12.0. The van der Waals surface area contributed by atoms with Crippen molar-refractivity contribution >= 4 is 23.4 Å². The van der Waals surface area contributed by atoms with Crippen molar-refractivity contribution < 1.29 is 22.7 Å². The molecule has 20 heavy (non-hydrogen) atoms. The normalized spacial score (nSPS) is 12.2. The molecule has 3 nitrogen and oxygen atoms in total. The largest absolute Gasteiger partial charge is 0.444 e. The number of carbonyl (C=O) groups is 1. The standard InChI is InChI=1S/C13H15ClF3NO2/c1-12(2,3)20-11(19)18-10-5-8(7-14)4-9(6-10)13(15,16)17/h4-6H,7H2,1-3H3,(H,18,19). The summed E-state index contributed by atoms with van der Waals surface area (Å²) in [4.78, 5) is 11.5. The number of anilines is 1. The molecule has 0 aromatic heterocycles. The molecule has 0 saturated carbocycles. The van der Waals surface area contributed by atoms with Crippen molar-refractivity contribution in [2.75, 3.05) is 5.32 Å². The molecular weight excluding hydrogens is 295 g/mol. The maximum atomic E-state index is 12.7. The van der Waals surface area contributed by atoms with Crippen LogP contribution in [0.2, 0.25) is 0 Å². The van der Waals surface area contributed by atoms with Gasteiger partial charge in [-0.1, -0.05) is 0 Å². The molecule has 0 aliphatic rings. The number of nitrogens with one attached hydrogen (secondary N) is 1. The van der Waals surface area contributed by atoms with E-state index in [1.54, 1.807) is 20.8 Å². The predicted molar refractivity (Wildman–Crippen MR) is 70.9 cm³/mol. The molecule has 0 heterocycles. The van der Waals surface area contributed by atoms with Gasteiger partial charge in [-0.05, 0) is 44.5 Å². The van der Waals surface area contributed by atoms with Crippen LogP contribution < -0.4 is 5.32 Å². The van der Waals surface area contributed by atoms with Gasteiger partial charge < -0.3 is 4.74 Å². The Balaban J connectivity index is 2.98. The summed E-state index contributed by atoms with van der Waals surface area (Å²) in [6.07, 6.45) is -5.33. The molecule has 0 aliphatic carbocycles. The summed E-state index contributed by atoms with van der Waals surface area (Å²) < 4.78 is 43.1. The van der Waals surface area contributed by atoms with Crippen LogP contribution in [0.15, 0.2) is 18.2 Å². The lowest BCUT2D eigenvalue weighted by molar-refractivity contribution is -0.137. The Kier molecular flexibility index (Phi) is 4.91. The fourth-order valence-corrected chi connectivity index (χ4v) is 1.58. The SMILES string of the molecule is CC(C)(C)OC(=O)Nc1cc(CCl)cc(C(F)(F)F)c1. The zero-order chi connectivity index (χ0) is 15.6. The second-order valence-electron chi connectivity index (χ2n) is 5.18. The highest BCUT2D eigenvalue weighted by Gasteiger charge is 2.31. The molecule has 0 saturated heterocycles. The van der Waals surface area contributed by atoms with E-state index in [0.717, 1.165) is 12.1 Å². The number of halogens is 4. The lowest BCUT2D eigenvalue weighted by Gasteiger charge is -2.20. The first-order chi connectivity index (χ1) is 9.01. The summed E-state index contributed by atoms with van der Waals surface area (Å²) in [5, 5.41) is 2.27. The Morgan fingerprint density at radius 2 is 1.85 bits per heavy atom. The first-order valence-corrected chi connectivity index (χ1v) is 6.32. The maximum Gasteiger partial charge on any atom is 0.416 e. The Bertz CT molecular complexity index is 495. The average molecular weight is 310 g/mol. The second-order valence-corrected chi connectivity index (χ2v) is 5.44. The number of hydrogen-bond acceptors (Lipinski definition) is 2. The van der Waals surface area contributed by atoms with Crippen LogP contribution in [0.4, 0.5) is 23.7 Å². The van der Waals surface area contributed by atoms with Gasteiger partial charge in [-0.25, -0.2) is 4.79 Å². The van der Waals surface area contributed by atoms with Crippen molar-refractivity contribution in [1.29, 1.82) is 0 Å². The van der Waals surface area contributed by atoms with E-state index in [4.69, 9.17) is 16.3 Å². The van der Waals surface area contributed by atoms with Gasteiger partial charge in [0, 0.05) is 11.6 Å². The number of rotatable bonds is 2. The van der Waals surface area contributed by atoms with Crippen LogP contribution >= 0.6 is 11.6 Å². The van der Waals surface area contributed by atoms with Gasteiger partial charge in [0.1, 0.15) is 5.60 Å². The second kappa shape index (κ2) is 5.91. The molecule has 0 unspecified atom stereocenters. The monoisotopic (exact) mass is 309 g/mol. The van der Waals surface area contributed by atoms with Crippen LogP contribution in [0.25, 0.3) is 0 Å². The van der Waals surface area contributed by atoms with Gasteiger partial charge in [0.05, 0.1) is 5.56 Å². The summed E-state index contributed by atoms with van der Waals surface area (Å²) in [6.45, 7) is 4.97. The molecule has 0 bridgehead atoms. The van der Waals surface area contributed by atoms with Crippen LogP contribution in [0.3, 0.4) is 0 Å². The lowest BCUT2D eigenvalue weighted by atomic mass is 10.1. The van der Waals surface area contributed by atoms with E-state index in [9.17, 15) is 18.0 Å². The summed E-state index contributed by atoms with van der Waals surface area (Å²) in [7, 11) is 0. The van der Waals surface area contributed by atoms with Gasteiger partial charge in [-0.15, -0.1) is 11.6 Å². The quantitative estimate of drug-likeness (QED) is 0.798. The lowest BCUT2D eigenvalue weighted by Crippen LogP contribution is -2.27. The average Bonchev–Trinajstić information content (AvgIpc) is 2.24. The molecule has 0 fully saturated rings. The van der Waals surface area contributed by atoms with E-state index in [2.05, 4.69) is 5.32 Å². The van der Waals surface area contributed by atoms with Crippen LogP contribution in [0, 0.1) is 0 Å². The van der Waals surface area contributed by atoms with Crippen molar-refractivity contribution in [3.63, 3.8) is 0 Å². The number of alkyl halides is 4. The molecule has 1 amide bonds. The molecule has 0 aliphatic heterocycles. The van der Waals surface area contributed by atoms with E-state index in [-0.39, 0.29) is 17.1 Å². The highest BCUT2D eigenvalue weighted by atomic mass is 35.5. The van der Waals surface area contributed by atoms with Gasteiger partial charge in [-0.2, -0.15) is 13.2 Å². The third-order valence-electron chi connectivity index (χ3n) is 2.12. The molecule has 0 spiro atoms. The van der Waals surface area contributed by atoms with E-state index in [1.807, 2.05) is 0 Å². The smallest absolute Gasteiger partial charge is 0.416 e. The van der Waals surface area contributed by atoms with Crippen LogP contribution in [0.1, 0.15) is 31.9 Å². The van der Waals surface area contributed by atoms with E-state index >= 15 is 0 Å². The fraction of sp³-hybridized carbons (Fsp3) is 0.462. The number of carbonyl (C=O) groups excluding carboxylic acids is 1. The van der Waals surface area contributed by atoms with E-state index in [0.29, 0.717) is 0 Å². The molecular formula is C13H15ClF3NO2. The first-order valence-electron chi connectivity index (χ1n) is 5.78. The van der Waals surface area contributed by atoms with Crippen molar-refractivity contribution in [3.8, 4) is 0 Å². The van der Waals surface area contributed by atoms with Crippen molar-refractivity contribution in [3.05, 3.63) is 29.3 Å². The summed E-state index contributed by atoms with van der Waals surface area (Å²) in [6, 6.07) is 3.14. The Morgan fingerprint density at radius 3 is 2.30 bits per heavy atom. The third kappa shape index (κ3) is 5.28. The van der Waals surface area contributed by atoms with Gasteiger partial charge in [-0.3, -0.25) is 5.32 Å². The fourth-order valence-electron chi connectivity index (χ4n) is 1.43. The highest BCUT2D eigenvalue weighted by Crippen LogP contribution is 2.32. The minimum absolute atomic E-state index is 0.00951. The number of ether oxygens (including phenoxy) is 1. The summed E-state index contributed by atoms with van der Waals surface area (Å²) in [5.41, 5.74) is -1.36. The predicted octanol–water partition coefficient (Wildman–Crippen LogP) is 4.79. The first kappa shape index (κ1) is 16.6. The minimum atomic E-state index is -4.51. The van der Waals surface area contributed by atoms with Gasteiger partial charge >= 0.3 is 12.3 Å². The molecule has 7 heteroatoms. The van der Waals surface area contributed by atoms with Gasteiger partial charge in [0.25, 0.3) is 0 Å². The topological polar surface area (TPSA) is 38.3 Å². The number of benzene rings is 1. The molecule has 1 rings (SSSR count). The number of hydrogen-bond donors (Lipinski definition) is 1. The minimum Gasteiger partial charge on any atom is -0.444 e. The van der Waals surface area contributed by atoms with E-state index < -0.39 is 23.4 Å². The van der Waals surface area contributed by atoms with Crippen molar-refractivity contribution in [2.24, 2.45) is 0 Å². The Hall–Kier alpha value is -1.43. The summed E-state index contributed by atoms with van der Waals surface area (Å²) in [5.74, 6) is -0.0904. The van der Waals surface area contributed by atoms with Crippen molar-refractivity contribution in [1.82, 2.24) is 0 Å². The molecule has 1 N–H and O–H groups in total. The molecule has 1 aromatic carbocycles. The van der Waals surface area contributed by atoms with Crippen LogP contribution in [-0.2, 0) is 16.8 Å². The molecule has 112 valence electrons. The van der Waals surface area contributed by atoms with Crippen molar-refractivity contribution in [2.45, 2.75) is 38.4 Å². The van der Waals surface area contributed by atoms with E-state index in [1.165, 1.54) is 6.07 Å². The Morgan fingerprint density at radius 1 is 1.25 bits per heavy atom. The molecule has 0 atom stereocenters. The molecule has 0 radical (unpaired) electrons.